The molecule has 4 aliphatic carbocycles. The predicted molar refractivity (Wildman–Crippen MR) is 154 cm³/mol. The standard InChI is InChI=1S/C34H56O6/c1-20(35)38-23-19-25-31(7)15-13-26(39-21(2)36)29(3,4)24(31)12-17-32(25,8)33(9)16-11-22(28(23)33)34(10)18-14-27(40-34)30(5,6)37/h22-28,37H,11-19H2,1-10H3/t22-,23-,24-,25?,26+,27+,28?,31-,32+,33+,34-/m0/s1. The molecule has 1 aliphatic heterocycles. The molecule has 40 heavy (non-hydrogen) atoms. The van der Waals surface area contributed by atoms with Crippen LogP contribution in [0.5, 0.6) is 0 Å². The maximum atomic E-state index is 12.6. The van der Waals surface area contributed by atoms with Crippen molar-refractivity contribution >= 4 is 11.9 Å². The molecule has 4 saturated carbocycles. The number of fused-ring (bicyclic) bond motifs is 5. The Labute approximate surface area is 242 Å². The fourth-order valence-corrected chi connectivity index (χ4v) is 11.8. The van der Waals surface area contributed by atoms with Gasteiger partial charge in [0, 0.05) is 25.2 Å². The molecule has 5 rings (SSSR count). The summed E-state index contributed by atoms with van der Waals surface area (Å²) in [6, 6.07) is 0. The van der Waals surface area contributed by atoms with Crippen molar-refractivity contribution in [2.45, 2.75) is 157 Å². The first-order valence-electron chi connectivity index (χ1n) is 16.0. The Morgan fingerprint density at radius 1 is 0.800 bits per heavy atom. The monoisotopic (exact) mass is 560 g/mol. The number of hydrogen-bond acceptors (Lipinski definition) is 6. The van der Waals surface area contributed by atoms with Gasteiger partial charge >= 0.3 is 11.9 Å². The number of aliphatic hydroxyl groups is 1. The van der Waals surface area contributed by atoms with E-state index in [4.69, 9.17) is 14.2 Å². The second-order valence-electron chi connectivity index (χ2n) is 16.6. The van der Waals surface area contributed by atoms with Crippen molar-refractivity contribution in [2.24, 2.45) is 45.3 Å². The van der Waals surface area contributed by atoms with Gasteiger partial charge in [-0.2, -0.15) is 0 Å². The van der Waals surface area contributed by atoms with Crippen LogP contribution in [0.2, 0.25) is 0 Å². The summed E-state index contributed by atoms with van der Waals surface area (Å²) >= 11 is 0. The van der Waals surface area contributed by atoms with Gasteiger partial charge in [0.2, 0.25) is 0 Å². The molecule has 2 unspecified atom stereocenters. The average molecular weight is 561 g/mol. The van der Waals surface area contributed by atoms with Crippen LogP contribution in [0.4, 0.5) is 0 Å². The van der Waals surface area contributed by atoms with E-state index < -0.39 is 5.60 Å². The van der Waals surface area contributed by atoms with Gasteiger partial charge in [0.25, 0.3) is 0 Å². The molecular weight excluding hydrogens is 504 g/mol. The van der Waals surface area contributed by atoms with Crippen LogP contribution >= 0.6 is 0 Å². The summed E-state index contributed by atoms with van der Waals surface area (Å²) in [5.74, 6) is 1.00. The van der Waals surface area contributed by atoms with Gasteiger partial charge in [-0.1, -0.05) is 34.6 Å². The lowest BCUT2D eigenvalue weighted by molar-refractivity contribution is -0.254. The van der Waals surface area contributed by atoms with Crippen molar-refractivity contribution in [3.05, 3.63) is 0 Å². The Morgan fingerprint density at radius 3 is 2.00 bits per heavy atom. The molecule has 0 aromatic heterocycles. The molecule has 1 saturated heterocycles. The highest BCUT2D eigenvalue weighted by atomic mass is 16.6. The number of carbonyl (C=O) groups excluding carboxylic acids is 2. The van der Waals surface area contributed by atoms with Gasteiger partial charge in [-0.15, -0.1) is 0 Å². The van der Waals surface area contributed by atoms with Gasteiger partial charge in [-0.3, -0.25) is 9.59 Å². The zero-order valence-corrected chi connectivity index (χ0v) is 26.9. The van der Waals surface area contributed by atoms with Crippen molar-refractivity contribution in [2.75, 3.05) is 0 Å². The summed E-state index contributed by atoms with van der Waals surface area (Å²) in [4.78, 5) is 24.6. The van der Waals surface area contributed by atoms with Gasteiger partial charge in [-0.25, -0.2) is 0 Å². The molecule has 0 amide bonds. The van der Waals surface area contributed by atoms with E-state index in [2.05, 4.69) is 41.5 Å². The van der Waals surface area contributed by atoms with Gasteiger partial charge in [-0.05, 0) is 113 Å². The summed E-state index contributed by atoms with van der Waals surface area (Å²) < 4.78 is 19.0. The number of rotatable bonds is 4. The lowest BCUT2D eigenvalue weighted by Crippen LogP contribution is -2.67. The Bertz CT molecular complexity index is 1030. The molecule has 0 spiro atoms. The minimum atomic E-state index is -0.872. The molecule has 228 valence electrons. The van der Waals surface area contributed by atoms with E-state index in [0.29, 0.717) is 11.8 Å². The Morgan fingerprint density at radius 2 is 1.43 bits per heavy atom. The third-order valence-corrected chi connectivity index (χ3v) is 13.8. The normalized spacial score (nSPS) is 49.9. The van der Waals surface area contributed by atoms with Crippen LogP contribution in [0.25, 0.3) is 0 Å². The minimum absolute atomic E-state index is 0.0186. The summed E-state index contributed by atoms with van der Waals surface area (Å²) in [7, 11) is 0. The van der Waals surface area contributed by atoms with Crippen LogP contribution < -0.4 is 0 Å². The van der Waals surface area contributed by atoms with Crippen molar-refractivity contribution < 1.29 is 28.9 Å². The van der Waals surface area contributed by atoms with Crippen LogP contribution in [-0.4, -0.2) is 46.6 Å². The van der Waals surface area contributed by atoms with Crippen molar-refractivity contribution in [1.82, 2.24) is 0 Å². The first-order chi connectivity index (χ1) is 18.3. The Kier molecular flexibility index (Phi) is 7.15. The molecule has 5 aliphatic rings. The zero-order valence-electron chi connectivity index (χ0n) is 26.9. The van der Waals surface area contributed by atoms with E-state index in [1.54, 1.807) is 6.92 Å². The molecular formula is C34H56O6. The van der Waals surface area contributed by atoms with E-state index in [0.717, 1.165) is 57.8 Å². The van der Waals surface area contributed by atoms with Gasteiger partial charge in [0.05, 0.1) is 17.3 Å². The first kappa shape index (κ1) is 30.3. The molecule has 0 bridgehead atoms. The molecule has 0 radical (unpaired) electrons. The summed E-state index contributed by atoms with van der Waals surface area (Å²) in [5, 5.41) is 10.8. The highest BCUT2D eigenvalue weighted by Crippen LogP contribution is 2.76. The minimum Gasteiger partial charge on any atom is -0.462 e. The van der Waals surface area contributed by atoms with Crippen LogP contribution in [0.1, 0.15) is 127 Å². The SMILES string of the molecule is CC(=O)O[C@H]1CC2[C@@]3(C)CC[C@@H](OC(C)=O)C(C)(C)[C@@H]3CC[C@@]2(C)[C@]2(C)CC[C@H]([C@]3(C)CC[C@H](C(C)(C)O)O3)C12. The summed E-state index contributed by atoms with van der Waals surface area (Å²) in [6.45, 7) is 21.2. The summed E-state index contributed by atoms with van der Waals surface area (Å²) in [6.07, 6.45) is 8.68. The van der Waals surface area contributed by atoms with Gasteiger partial charge in [0.15, 0.2) is 0 Å². The Balaban J connectivity index is 1.52. The lowest BCUT2D eigenvalue weighted by Gasteiger charge is -2.70. The third kappa shape index (κ3) is 4.31. The number of carbonyl (C=O) groups is 2. The van der Waals surface area contributed by atoms with E-state index >= 15 is 0 Å². The van der Waals surface area contributed by atoms with E-state index in [1.807, 2.05) is 13.8 Å². The summed E-state index contributed by atoms with van der Waals surface area (Å²) in [5.41, 5.74) is -1.10. The average Bonchev–Trinajstić information content (AvgIpc) is 3.39. The Hall–Kier alpha value is -1.14. The smallest absolute Gasteiger partial charge is 0.302 e. The highest BCUT2D eigenvalue weighted by molar-refractivity contribution is 5.66. The fourth-order valence-electron chi connectivity index (χ4n) is 11.8. The first-order valence-corrected chi connectivity index (χ1v) is 16.0. The van der Waals surface area contributed by atoms with Crippen molar-refractivity contribution in [3.63, 3.8) is 0 Å². The molecule has 0 aromatic rings. The fraction of sp³-hybridized carbons (Fsp3) is 0.941. The van der Waals surface area contributed by atoms with Crippen LogP contribution in [0, 0.1) is 45.3 Å². The van der Waals surface area contributed by atoms with Crippen LogP contribution in [0.3, 0.4) is 0 Å². The van der Waals surface area contributed by atoms with E-state index in [1.165, 1.54) is 6.92 Å². The quantitative estimate of drug-likeness (QED) is 0.379. The maximum Gasteiger partial charge on any atom is 0.302 e. The molecule has 11 atom stereocenters. The number of hydrogen-bond donors (Lipinski definition) is 1. The second-order valence-corrected chi connectivity index (χ2v) is 16.6. The topological polar surface area (TPSA) is 82.1 Å². The highest BCUT2D eigenvalue weighted by Gasteiger charge is 2.72. The molecule has 0 aromatic carbocycles. The van der Waals surface area contributed by atoms with E-state index in [9.17, 15) is 14.7 Å². The molecule has 5 fully saturated rings. The molecule has 1 N–H and O–H groups in total. The predicted octanol–water partition coefficient (Wildman–Crippen LogP) is 6.85. The van der Waals surface area contributed by atoms with Gasteiger partial charge < -0.3 is 19.3 Å². The molecule has 6 heteroatoms. The van der Waals surface area contributed by atoms with Crippen LogP contribution in [0.15, 0.2) is 0 Å². The molecule has 6 nitrogen and oxygen atoms in total. The van der Waals surface area contributed by atoms with Crippen LogP contribution in [-0.2, 0) is 23.8 Å². The number of esters is 2. The van der Waals surface area contributed by atoms with Gasteiger partial charge in [0.1, 0.15) is 12.2 Å². The second kappa shape index (κ2) is 9.43. The van der Waals surface area contributed by atoms with Crippen molar-refractivity contribution in [3.8, 4) is 0 Å². The molecule has 1 heterocycles. The maximum absolute atomic E-state index is 12.6. The largest absolute Gasteiger partial charge is 0.462 e. The number of ether oxygens (including phenoxy) is 3. The zero-order chi connectivity index (χ0) is 29.7. The van der Waals surface area contributed by atoms with E-state index in [-0.39, 0.29) is 69.3 Å². The lowest BCUT2D eigenvalue weighted by atomic mass is 9.35. The third-order valence-electron chi connectivity index (χ3n) is 13.8. The van der Waals surface area contributed by atoms with Crippen molar-refractivity contribution in [1.29, 1.82) is 0 Å².